The summed E-state index contributed by atoms with van der Waals surface area (Å²) in [5, 5.41) is 5.43. The predicted octanol–water partition coefficient (Wildman–Crippen LogP) is 3.37. The molecule has 0 bridgehead atoms. The van der Waals surface area contributed by atoms with Crippen LogP contribution in [0.15, 0.2) is 27.7 Å². The van der Waals surface area contributed by atoms with Gasteiger partial charge in [-0.05, 0) is 41.9 Å². The minimum Gasteiger partial charge on any atom is -0.267 e. The molecule has 0 aliphatic carbocycles. The summed E-state index contributed by atoms with van der Waals surface area (Å²) in [6, 6.07) is 3.55. The molecule has 0 saturated heterocycles. The standard InChI is InChI=1S/C19H24N2O3S2/c1-6-9-25-17(14-10-20-21(5)18(14)22)13-7-8-15-16(12(13)2)19(3,4)11-26(15,23)24/h7-8,10H,6,9,11H2,1-5H3/b17-14-. The van der Waals surface area contributed by atoms with E-state index in [2.05, 4.69) is 12.0 Å². The zero-order chi connectivity index (χ0) is 19.3. The number of carbonyl (C=O) groups excluding carboxylic acids is 1. The van der Waals surface area contributed by atoms with Crippen LogP contribution in [0, 0.1) is 6.92 Å². The van der Waals surface area contributed by atoms with Gasteiger partial charge < -0.3 is 0 Å². The van der Waals surface area contributed by atoms with Gasteiger partial charge in [-0.2, -0.15) is 5.10 Å². The molecule has 0 atom stereocenters. The van der Waals surface area contributed by atoms with Gasteiger partial charge in [-0.1, -0.05) is 26.8 Å². The van der Waals surface area contributed by atoms with Crippen molar-refractivity contribution in [1.82, 2.24) is 5.01 Å². The topological polar surface area (TPSA) is 66.8 Å². The van der Waals surface area contributed by atoms with E-state index in [0.29, 0.717) is 10.5 Å². The first-order valence-electron chi connectivity index (χ1n) is 8.66. The quantitative estimate of drug-likeness (QED) is 0.737. The maximum absolute atomic E-state index is 12.5. The number of rotatable bonds is 4. The molecule has 0 radical (unpaired) electrons. The molecule has 140 valence electrons. The minimum atomic E-state index is -3.26. The second-order valence-corrected chi connectivity index (χ2v) is 10.5. The van der Waals surface area contributed by atoms with E-state index in [-0.39, 0.29) is 11.7 Å². The van der Waals surface area contributed by atoms with Gasteiger partial charge in [0.05, 0.1) is 22.4 Å². The SMILES string of the molecule is CCCS/C(=C1/C=NN(C)C1=O)c1ccc2c(c1C)C(C)(C)CS2(=O)=O. The molecule has 26 heavy (non-hydrogen) atoms. The second-order valence-electron chi connectivity index (χ2n) is 7.42. The second kappa shape index (κ2) is 6.53. The van der Waals surface area contributed by atoms with Crippen molar-refractivity contribution in [2.24, 2.45) is 5.10 Å². The van der Waals surface area contributed by atoms with Crippen LogP contribution in [0.4, 0.5) is 0 Å². The fourth-order valence-electron chi connectivity index (χ4n) is 3.74. The fraction of sp³-hybridized carbons (Fsp3) is 0.474. The third kappa shape index (κ3) is 3.01. The first-order valence-corrected chi connectivity index (χ1v) is 11.3. The van der Waals surface area contributed by atoms with Crippen LogP contribution in [0.3, 0.4) is 0 Å². The summed E-state index contributed by atoms with van der Waals surface area (Å²) in [6.45, 7) is 7.99. The van der Waals surface area contributed by atoms with Crippen molar-refractivity contribution in [2.45, 2.75) is 44.4 Å². The smallest absolute Gasteiger partial charge is 0.267 e. The first kappa shape index (κ1) is 19.2. The monoisotopic (exact) mass is 392 g/mol. The molecule has 1 aromatic rings. The number of likely N-dealkylation sites (N-methyl/N-ethyl adjacent to an activating group) is 1. The maximum atomic E-state index is 12.5. The highest BCUT2D eigenvalue weighted by Gasteiger charge is 2.42. The van der Waals surface area contributed by atoms with Crippen LogP contribution in [0.1, 0.15) is 43.9 Å². The van der Waals surface area contributed by atoms with E-state index >= 15 is 0 Å². The summed E-state index contributed by atoms with van der Waals surface area (Å²) >= 11 is 1.63. The normalized spacial score (nSPS) is 22.0. The molecule has 5 nitrogen and oxygen atoms in total. The summed E-state index contributed by atoms with van der Waals surface area (Å²) in [4.78, 5) is 13.8. The third-order valence-electron chi connectivity index (χ3n) is 4.81. The van der Waals surface area contributed by atoms with E-state index in [4.69, 9.17) is 0 Å². The van der Waals surface area contributed by atoms with Crippen LogP contribution >= 0.6 is 11.8 Å². The molecule has 2 aliphatic rings. The average Bonchev–Trinajstić information content (AvgIpc) is 2.96. The van der Waals surface area contributed by atoms with E-state index < -0.39 is 15.3 Å². The summed E-state index contributed by atoms with van der Waals surface area (Å²) in [5.41, 5.74) is 2.88. The number of amides is 1. The Morgan fingerprint density at radius 2 is 2.04 bits per heavy atom. The summed E-state index contributed by atoms with van der Waals surface area (Å²) < 4.78 is 25.1. The summed E-state index contributed by atoms with van der Waals surface area (Å²) in [7, 11) is -1.62. The molecule has 3 rings (SSSR count). The number of hydrogen-bond acceptors (Lipinski definition) is 5. The first-order chi connectivity index (χ1) is 12.1. The van der Waals surface area contributed by atoms with Crippen LogP contribution < -0.4 is 0 Å². The van der Waals surface area contributed by atoms with E-state index in [9.17, 15) is 13.2 Å². The van der Waals surface area contributed by atoms with Crippen molar-refractivity contribution in [3.8, 4) is 0 Å². The van der Waals surface area contributed by atoms with Gasteiger partial charge in [-0.15, -0.1) is 11.8 Å². The molecule has 0 aromatic heterocycles. The van der Waals surface area contributed by atoms with Gasteiger partial charge >= 0.3 is 0 Å². The minimum absolute atomic E-state index is 0.122. The molecule has 1 amide bonds. The van der Waals surface area contributed by atoms with Crippen molar-refractivity contribution in [3.63, 3.8) is 0 Å². The molecule has 0 unspecified atom stereocenters. The van der Waals surface area contributed by atoms with Crippen LogP contribution in [-0.2, 0) is 20.0 Å². The molecule has 7 heteroatoms. The molecule has 0 fully saturated rings. The number of thioether (sulfide) groups is 1. The number of hydrogen-bond donors (Lipinski definition) is 0. The zero-order valence-corrected chi connectivity index (χ0v) is 17.4. The van der Waals surface area contributed by atoms with Gasteiger partial charge in [0.1, 0.15) is 0 Å². The maximum Gasteiger partial charge on any atom is 0.276 e. The molecule has 2 aliphatic heterocycles. The lowest BCUT2D eigenvalue weighted by molar-refractivity contribution is -0.124. The Morgan fingerprint density at radius 3 is 2.62 bits per heavy atom. The van der Waals surface area contributed by atoms with Crippen LogP contribution in [0.5, 0.6) is 0 Å². The molecule has 1 aromatic carbocycles. The lowest BCUT2D eigenvalue weighted by Crippen LogP contribution is -2.20. The number of carbonyl (C=O) groups is 1. The highest BCUT2D eigenvalue weighted by molar-refractivity contribution is 8.08. The fourth-order valence-corrected chi connectivity index (χ4v) is 7.09. The Balaban J connectivity index is 2.24. The van der Waals surface area contributed by atoms with Crippen LogP contribution in [-0.4, -0.2) is 44.1 Å². The van der Waals surface area contributed by atoms with Gasteiger partial charge in [-0.3, -0.25) is 4.79 Å². The Kier molecular flexibility index (Phi) is 4.82. The van der Waals surface area contributed by atoms with Gasteiger partial charge in [0.15, 0.2) is 9.84 Å². The Bertz CT molecular complexity index is 944. The van der Waals surface area contributed by atoms with Crippen molar-refractivity contribution >= 4 is 38.6 Å². The number of hydrazone groups is 1. The van der Waals surface area contributed by atoms with Crippen LogP contribution in [0.25, 0.3) is 4.91 Å². The predicted molar refractivity (Wildman–Crippen MR) is 107 cm³/mol. The Labute approximate surface area is 159 Å². The number of benzene rings is 1. The largest absolute Gasteiger partial charge is 0.276 e. The molecular formula is C19H24N2O3S2. The van der Waals surface area contributed by atoms with Gasteiger partial charge in [0.25, 0.3) is 5.91 Å². The van der Waals surface area contributed by atoms with Crippen molar-refractivity contribution in [2.75, 3.05) is 18.6 Å². The number of fused-ring (bicyclic) bond motifs is 1. The average molecular weight is 393 g/mol. The third-order valence-corrected chi connectivity index (χ3v) is 8.27. The molecule has 0 N–H and O–H groups in total. The zero-order valence-electron chi connectivity index (χ0n) is 15.8. The van der Waals surface area contributed by atoms with Crippen molar-refractivity contribution in [3.05, 3.63) is 34.4 Å². The van der Waals surface area contributed by atoms with Crippen molar-refractivity contribution < 1.29 is 13.2 Å². The lowest BCUT2D eigenvalue weighted by atomic mass is 9.82. The van der Waals surface area contributed by atoms with Gasteiger partial charge in [0.2, 0.25) is 0 Å². The molecular weight excluding hydrogens is 368 g/mol. The lowest BCUT2D eigenvalue weighted by Gasteiger charge is -2.22. The van der Waals surface area contributed by atoms with E-state index in [1.807, 2.05) is 26.8 Å². The number of nitrogens with zero attached hydrogens (tertiary/aromatic N) is 2. The van der Waals surface area contributed by atoms with Crippen LogP contribution in [0.2, 0.25) is 0 Å². The number of sulfone groups is 1. The van der Waals surface area contributed by atoms with E-state index in [1.165, 1.54) is 5.01 Å². The molecule has 0 saturated carbocycles. The summed E-state index contributed by atoms with van der Waals surface area (Å²) in [5.74, 6) is 0.869. The Hall–Kier alpha value is -1.60. The Morgan fingerprint density at radius 1 is 1.35 bits per heavy atom. The van der Waals surface area contributed by atoms with Gasteiger partial charge in [0, 0.05) is 17.4 Å². The molecule has 2 heterocycles. The highest BCUT2D eigenvalue weighted by atomic mass is 32.2. The van der Waals surface area contributed by atoms with Gasteiger partial charge in [-0.25, -0.2) is 13.4 Å². The van der Waals surface area contributed by atoms with Crippen molar-refractivity contribution in [1.29, 1.82) is 0 Å². The van der Waals surface area contributed by atoms with E-state index in [1.54, 1.807) is 31.1 Å². The van der Waals surface area contributed by atoms with E-state index in [0.717, 1.165) is 33.8 Å². The molecule has 0 spiro atoms. The highest BCUT2D eigenvalue weighted by Crippen LogP contribution is 2.45. The summed E-state index contributed by atoms with van der Waals surface area (Å²) in [6.07, 6.45) is 2.58.